The second kappa shape index (κ2) is 9.79. The Morgan fingerprint density at radius 1 is 0.968 bits per heavy atom. The van der Waals surface area contributed by atoms with Gasteiger partial charge in [0.15, 0.2) is 0 Å². The van der Waals surface area contributed by atoms with Crippen molar-refractivity contribution < 1.29 is 19.1 Å². The Morgan fingerprint density at radius 2 is 1.74 bits per heavy atom. The zero-order valence-electron chi connectivity index (χ0n) is 18.9. The lowest BCUT2D eigenvalue weighted by atomic mass is 9.99. The zero-order valence-corrected chi connectivity index (χ0v) is 18.9. The maximum Gasteiger partial charge on any atom is 0.278 e. The Labute approximate surface area is 183 Å². The van der Waals surface area contributed by atoms with Crippen LogP contribution >= 0.6 is 0 Å². The molecule has 0 saturated carbocycles. The average molecular weight is 423 g/mol. The van der Waals surface area contributed by atoms with Crippen LogP contribution in [-0.2, 0) is 14.3 Å². The number of amides is 2. The van der Waals surface area contributed by atoms with E-state index >= 15 is 0 Å². The molecule has 3 rings (SSSR count). The molecule has 6 nitrogen and oxygen atoms in total. The van der Waals surface area contributed by atoms with Crippen LogP contribution in [0.5, 0.6) is 5.75 Å². The summed E-state index contributed by atoms with van der Waals surface area (Å²) in [5.41, 5.74) is 5.24. The van der Waals surface area contributed by atoms with Gasteiger partial charge in [-0.3, -0.25) is 14.5 Å². The molecule has 1 heterocycles. The van der Waals surface area contributed by atoms with Gasteiger partial charge in [0.1, 0.15) is 11.4 Å². The first-order chi connectivity index (χ1) is 14.9. The van der Waals surface area contributed by atoms with Crippen molar-refractivity contribution in [2.75, 3.05) is 32.2 Å². The van der Waals surface area contributed by atoms with E-state index in [1.165, 1.54) is 4.90 Å². The Balaban J connectivity index is 2.03. The van der Waals surface area contributed by atoms with Gasteiger partial charge in [0.2, 0.25) is 0 Å². The van der Waals surface area contributed by atoms with Crippen LogP contribution in [0.3, 0.4) is 0 Å². The maximum atomic E-state index is 13.3. The molecule has 0 bridgehead atoms. The number of benzene rings is 2. The molecule has 0 fully saturated rings. The van der Waals surface area contributed by atoms with Crippen LogP contribution in [0.1, 0.15) is 35.6 Å². The third-order valence-electron chi connectivity index (χ3n) is 5.45. The highest BCUT2D eigenvalue weighted by Gasteiger charge is 2.39. The van der Waals surface area contributed by atoms with E-state index in [0.29, 0.717) is 43.2 Å². The van der Waals surface area contributed by atoms with Crippen molar-refractivity contribution in [3.05, 3.63) is 64.3 Å². The highest BCUT2D eigenvalue weighted by Crippen LogP contribution is 2.34. The molecule has 0 saturated heterocycles. The summed E-state index contributed by atoms with van der Waals surface area (Å²) in [5, 5.41) is 3.21. The molecule has 1 N–H and O–H groups in total. The van der Waals surface area contributed by atoms with Crippen LogP contribution in [-0.4, -0.2) is 43.6 Å². The lowest BCUT2D eigenvalue weighted by Crippen LogP contribution is -2.34. The molecule has 164 valence electrons. The van der Waals surface area contributed by atoms with Gasteiger partial charge in [-0.15, -0.1) is 0 Å². The number of imide groups is 1. The number of nitrogens with zero attached hydrogens (tertiary/aromatic N) is 1. The first kappa shape index (κ1) is 22.6. The highest BCUT2D eigenvalue weighted by atomic mass is 16.5. The van der Waals surface area contributed by atoms with E-state index in [9.17, 15) is 9.59 Å². The van der Waals surface area contributed by atoms with Crippen LogP contribution < -0.4 is 10.1 Å². The van der Waals surface area contributed by atoms with Crippen molar-refractivity contribution in [2.45, 2.75) is 34.1 Å². The number of anilines is 1. The fraction of sp³-hybridized carbons (Fsp3) is 0.360. The van der Waals surface area contributed by atoms with Gasteiger partial charge in [0.05, 0.1) is 18.4 Å². The van der Waals surface area contributed by atoms with Crippen molar-refractivity contribution >= 4 is 23.1 Å². The molecule has 0 atom stereocenters. The Morgan fingerprint density at radius 3 is 2.42 bits per heavy atom. The number of carbonyl (C=O) groups excluding carboxylic acids is 2. The average Bonchev–Trinajstić information content (AvgIpc) is 2.97. The molecular formula is C25H30N2O4. The second-order valence-corrected chi connectivity index (χ2v) is 7.69. The van der Waals surface area contributed by atoms with Crippen LogP contribution in [0.2, 0.25) is 0 Å². The van der Waals surface area contributed by atoms with Gasteiger partial charge in [-0.05, 0) is 68.5 Å². The van der Waals surface area contributed by atoms with Crippen molar-refractivity contribution in [1.82, 2.24) is 4.90 Å². The van der Waals surface area contributed by atoms with Gasteiger partial charge >= 0.3 is 0 Å². The molecule has 31 heavy (non-hydrogen) atoms. The number of aryl methyl sites for hydroxylation is 3. The predicted molar refractivity (Wildman–Crippen MR) is 122 cm³/mol. The minimum absolute atomic E-state index is 0.272. The van der Waals surface area contributed by atoms with Gasteiger partial charge < -0.3 is 14.8 Å². The van der Waals surface area contributed by atoms with E-state index in [4.69, 9.17) is 9.47 Å². The second-order valence-electron chi connectivity index (χ2n) is 7.69. The monoisotopic (exact) mass is 422 g/mol. The number of methoxy groups -OCH3 is 1. The van der Waals surface area contributed by atoms with E-state index in [-0.39, 0.29) is 17.5 Å². The topological polar surface area (TPSA) is 67.9 Å². The van der Waals surface area contributed by atoms with Gasteiger partial charge in [-0.2, -0.15) is 0 Å². The third-order valence-corrected chi connectivity index (χ3v) is 5.45. The summed E-state index contributed by atoms with van der Waals surface area (Å²) in [6.07, 6.45) is 0.590. The largest absolute Gasteiger partial charge is 0.495 e. The van der Waals surface area contributed by atoms with Gasteiger partial charge in [-0.1, -0.05) is 24.3 Å². The minimum atomic E-state index is -0.335. The normalized spacial score (nSPS) is 13.9. The lowest BCUT2D eigenvalue weighted by Gasteiger charge is -2.16. The summed E-state index contributed by atoms with van der Waals surface area (Å²) in [7, 11) is 1.58. The summed E-state index contributed by atoms with van der Waals surface area (Å²) < 4.78 is 10.8. The van der Waals surface area contributed by atoms with Crippen molar-refractivity contribution in [3.63, 3.8) is 0 Å². The zero-order chi connectivity index (χ0) is 22.5. The number of carbonyl (C=O) groups is 2. The number of rotatable bonds is 9. The molecule has 6 heteroatoms. The molecule has 0 spiro atoms. The first-order valence-electron chi connectivity index (χ1n) is 10.5. The number of ether oxygens (including phenoxy) is 2. The van der Waals surface area contributed by atoms with Gasteiger partial charge in [-0.25, -0.2) is 0 Å². The Hall–Kier alpha value is -3.12. The van der Waals surface area contributed by atoms with Crippen LogP contribution in [0.25, 0.3) is 5.57 Å². The summed E-state index contributed by atoms with van der Waals surface area (Å²) in [5.74, 6) is -0.0234. The summed E-state index contributed by atoms with van der Waals surface area (Å²) in [6.45, 7) is 9.31. The lowest BCUT2D eigenvalue weighted by molar-refractivity contribution is -0.137. The van der Waals surface area contributed by atoms with E-state index in [0.717, 1.165) is 22.3 Å². The van der Waals surface area contributed by atoms with Crippen molar-refractivity contribution in [3.8, 4) is 5.75 Å². The quantitative estimate of drug-likeness (QED) is 0.484. The molecule has 0 aliphatic carbocycles. The smallest absolute Gasteiger partial charge is 0.278 e. The fourth-order valence-corrected chi connectivity index (χ4v) is 3.58. The Kier molecular flexibility index (Phi) is 7.13. The molecule has 0 aromatic heterocycles. The van der Waals surface area contributed by atoms with Crippen molar-refractivity contribution in [1.29, 1.82) is 0 Å². The molecule has 2 aromatic rings. The van der Waals surface area contributed by atoms with Crippen LogP contribution in [0, 0.1) is 20.8 Å². The maximum absolute atomic E-state index is 13.3. The van der Waals surface area contributed by atoms with Crippen molar-refractivity contribution in [2.24, 2.45) is 0 Å². The molecule has 1 aliphatic heterocycles. The molecule has 2 aromatic carbocycles. The first-order valence-corrected chi connectivity index (χ1v) is 10.5. The molecule has 0 unspecified atom stereocenters. The summed E-state index contributed by atoms with van der Waals surface area (Å²) in [4.78, 5) is 27.9. The van der Waals surface area contributed by atoms with E-state index in [1.54, 1.807) is 7.11 Å². The van der Waals surface area contributed by atoms with Gasteiger partial charge in [0.25, 0.3) is 11.8 Å². The van der Waals surface area contributed by atoms with Crippen LogP contribution in [0.4, 0.5) is 5.69 Å². The van der Waals surface area contributed by atoms with E-state index in [2.05, 4.69) is 5.32 Å². The number of hydrogen-bond acceptors (Lipinski definition) is 5. The van der Waals surface area contributed by atoms with E-state index < -0.39 is 0 Å². The number of nitrogens with one attached hydrogen (secondary N) is 1. The van der Waals surface area contributed by atoms with E-state index in [1.807, 2.05) is 64.1 Å². The predicted octanol–water partition coefficient (Wildman–Crippen LogP) is 4.24. The molecule has 1 aliphatic rings. The highest BCUT2D eigenvalue weighted by molar-refractivity contribution is 6.36. The third kappa shape index (κ3) is 4.80. The SMILES string of the molecule is CCOCCCN1C(=O)C(Nc2cc(C)ccc2OC)=C(c2ccc(C)c(C)c2)C1=O. The van der Waals surface area contributed by atoms with Crippen LogP contribution in [0.15, 0.2) is 42.1 Å². The number of hydrogen-bond donors (Lipinski definition) is 1. The molecule has 0 radical (unpaired) electrons. The minimum Gasteiger partial charge on any atom is -0.495 e. The standard InChI is InChI=1S/C25H30N2O4/c1-6-31-13-7-12-27-24(28)22(19-10-9-17(3)18(4)15-19)23(25(27)29)26-20-14-16(2)8-11-21(20)30-5/h8-11,14-15,26H,6-7,12-13H2,1-5H3. The molecule has 2 amide bonds. The summed E-state index contributed by atoms with van der Waals surface area (Å²) >= 11 is 0. The summed E-state index contributed by atoms with van der Waals surface area (Å²) in [6, 6.07) is 11.5. The molecular weight excluding hydrogens is 392 g/mol. The Bertz CT molecular complexity index is 1030. The van der Waals surface area contributed by atoms with Gasteiger partial charge in [0, 0.05) is 19.8 Å². The fourth-order valence-electron chi connectivity index (χ4n) is 3.58.